The summed E-state index contributed by atoms with van der Waals surface area (Å²) in [5.41, 5.74) is 4.02. The van der Waals surface area contributed by atoms with Crippen LogP contribution in [0.4, 0.5) is 0 Å². The summed E-state index contributed by atoms with van der Waals surface area (Å²) in [5, 5.41) is 9.64. The minimum Gasteiger partial charge on any atom is -0.491 e. The fourth-order valence-electron chi connectivity index (χ4n) is 4.79. The van der Waals surface area contributed by atoms with E-state index in [0.29, 0.717) is 25.2 Å². The molecule has 1 aliphatic heterocycles. The van der Waals surface area contributed by atoms with Crippen LogP contribution in [0, 0.1) is 0 Å². The molecule has 0 fully saturated rings. The number of hydrogen-bond acceptors (Lipinski definition) is 3. The summed E-state index contributed by atoms with van der Waals surface area (Å²) >= 11 is 0. The first-order valence-electron chi connectivity index (χ1n) is 12.9. The Morgan fingerprint density at radius 1 is 0.943 bits per heavy atom. The molecule has 1 N–H and O–H groups in total. The van der Waals surface area contributed by atoms with Crippen molar-refractivity contribution in [1.29, 1.82) is 0 Å². The molecular formula is C30H40NO4+. The van der Waals surface area contributed by atoms with Crippen molar-refractivity contribution in [2.45, 2.75) is 52.5 Å². The maximum absolute atomic E-state index is 11.7. The zero-order valence-corrected chi connectivity index (χ0v) is 21.2. The predicted octanol–water partition coefficient (Wildman–Crippen LogP) is 6.45. The van der Waals surface area contributed by atoms with E-state index in [1.165, 1.54) is 5.56 Å². The highest BCUT2D eigenvalue weighted by Gasteiger charge is 2.34. The minimum atomic E-state index is -0.830. The Morgan fingerprint density at radius 3 is 2.40 bits per heavy atom. The van der Waals surface area contributed by atoms with Crippen LogP contribution in [0.1, 0.15) is 57.1 Å². The second-order valence-corrected chi connectivity index (χ2v) is 9.23. The number of aliphatic carboxylic acids is 1. The molecule has 0 bridgehead atoms. The Bertz CT molecular complexity index is 981. The van der Waals surface area contributed by atoms with Crippen molar-refractivity contribution in [2.24, 2.45) is 0 Å². The van der Waals surface area contributed by atoms with E-state index in [1.807, 2.05) is 30.4 Å². The fraction of sp³-hybridized carbons (Fsp3) is 0.433. The van der Waals surface area contributed by atoms with E-state index in [4.69, 9.17) is 9.47 Å². The zero-order valence-electron chi connectivity index (χ0n) is 21.2. The third-order valence-electron chi connectivity index (χ3n) is 6.53. The largest absolute Gasteiger partial charge is 0.491 e. The molecule has 1 unspecified atom stereocenters. The van der Waals surface area contributed by atoms with Crippen LogP contribution in [0.5, 0.6) is 5.75 Å². The second kappa shape index (κ2) is 13.9. The molecule has 5 heteroatoms. The lowest BCUT2D eigenvalue weighted by Gasteiger charge is -2.41. The average Bonchev–Trinajstić information content (AvgIpc) is 2.85. The standard InChI is InChI=1S/C30H39NO4/c1-3-5-21-34-22-23-35-28-16-13-26(14-17-28)29-18-15-27(30(32)33)12-9-20-31(29,19-4-2)24-25-10-7-6-8-11-25/h6-8,10-11,13-18H,3-5,9,12,19-24H2,1-2H3/p+1. The highest BCUT2D eigenvalue weighted by molar-refractivity contribution is 5.87. The van der Waals surface area contributed by atoms with Gasteiger partial charge in [0.2, 0.25) is 0 Å². The number of nitrogens with zero attached hydrogens (tertiary/aromatic N) is 1. The molecule has 35 heavy (non-hydrogen) atoms. The van der Waals surface area contributed by atoms with Crippen molar-refractivity contribution in [1.82, 2.24) is 0 Å². The van der Waals surface area contributed by atoms with Crippen molar-refractivity contribution in [2.75, 3.05) is 32.9 Å². The number of quaternary nitrogens is 1. The Kier molecular flexibility index (Phi) is 10.6. The molecule has 0 saturated carbocycles. The number of carboxylic acids is 1. The lowest BCUT2D eigenvalue weighted by molar-refractivity contribution is -0.873. The molecule has 1 aliphatic rings. The number of unbranched alkanes of at least 4 members (excludes halogenated alkanes) is 1. The van der Waals surface area contributed by atoms with Gasteiger partial charge in [-0.3, -0.25) is 4.48 Å². The Morgan fingerprint density at radius 2 is 1.71 bits per heavy atom. The van der Waals surface area contributed by atoms with Crippen molar-refractivity contribution < 1.29 is 23.9 Å². The SMILES string of the molecule is CCCCOCCOc1ccc(C2=CC=C(C(=O)O)CCC[N+]2(CCC)Cc2ccccc2)cc1. The number of rotatable bonds is 13. The van der Waals surface area contributed by atoms with Crippen LogP contribution < -0.4 is 4.74 Å². The monoisotopic (exact) mass is 478 g/mol. The summed E-state index contributed by atoms with van der Waals surface area (Å²) in [6.07, 6.45) is 8.51. The molecule has 1 heterocycles. The first kappa shape index (κ1) is 26.7. The van der Waals surface area contributed by atoms with E-state index in [9.17, 15) is 9.90 Å². The maximum atomic E-state index is 11.7. The number of carbonyl (C=O) groups is 1. The number of benzene rings is 2. The molecule has 0 saturated heterocycles. The fourth-order valence-corrected chi connectivity index (χ4v) is 4.79. The van der Waals surface area contributed by atoms with Crippen molar-refractivity contribution in [3.8, 4) is 5.75 Å². The zero-order chi connectivity index (χ0) is 24.9. The van der Waals surface area contributed by atoms with Crippen LogP contribution in [0.2, 0.25) is 0 Å². The van der Waals surface area contributed by atoms with Gasteiger partial charge in [-0.05, 0) is 49.6 Å². The maximum Gasteiger partial charge on any atom is 0.331 e. The molecule has 0 aromatic heterocycles. The van der Waals surface area contributed by atoms with Gasteiger partial charge in [0.05, 0.1) is 19.7 Å². The van der Waals surface area contributed by atoms with E-state index in [1.54, 1.807) is 0 Å². The molecule has 3 rings (SSSR count). The van der Waals surface area contributed by atoms with Gasteiger partial charge in [0.1, 0.15) is 24.6 Å². The van der Waals surface area contributed by atoms with E-state index in [-0.39, 0.29) is 0 Å². The normalized spacial score (nSPS) is 18.2. The molecule has 0 aliphatic carbocycles. The van der Waals surface area contributed by atoms with Gasteiger partial charge in [-0.15, -0.1) is 0 Å². The molecular weight excluding hydrogens is 438 g/mol. The molecule has 1 atom stereocenters. The van der Waals surface area contributed by atoms with E-state index in [0.717, 1.165) is 73.4 Å². The summed E-state index contributed by atoms with van der Waals surface area (Å²) in [7, 11) is 0. The van der Waals surface area contributed by atoms with Gasteiger partial charge < -0.3 is 14.6 Å². The first-order valence-corrected chi connectivity index (χ1v) is 12.9. The Hall–Kier alpha value is -2.89. The second-order valence-electron chi connectivity index (χ2n) is 9.23. The van der Waals surface area contributed by atoms with Gasteiger partial charge >= 0.3 is 5.97 Å². The van der Waals surface area contributed by atoms with Gasteiger partial charge in [-0.2, -0.15) is 0 Å². The molecule has 5 nitrogen and oxygen atoms in total. The molecule has 2 aromatic carbocycles. The minimum absolute atomic E-state index is 0.472. The third kappa shape index (κ3) is 7.81. The topological polar surface area (TPSA) is 55.8 Å². The van der Waals surface area contributed by atoms with Gasteiger partial charge in [0, 0.05) is 35.8 Å². The van der Waals surface area contributed by atoms with Crippen LogP contribution in [-0.2, 0) is 16.1 Å². The molecule has 188 valence electrons. The number of ether oxygens (including phenoxy) is 2. The van der Waals surface area contributed by atoms with Crippen molar-refractivity contribution in [3.05, 3.63) is 83.4 Å². The molecule has 0 radical (unpaired) electrons. The lowest BCUT2D eigenvalue weighted by atomic mass is 9.99. The van der Waals surface area contributed by atoms with E-state index < -0.39 is 5.97 Å². The van der Waals surface area contributed by atoms with Crippen LogP contribution in [-0.4, -0.2) is 48.5 Å². The lowest BCUT2D eigenvalue weighted by Crippen LogP contribution is -2.47. The van der Waals surface area contributed by atoms with Crippen LogP contribution in [0.3, 0.4) is 0 Å². The quantitative estimate of drug-likeness (QED) is 0.265. The van der Waals surface area contributed by atoms with Crippen LogP contribution in [0.25, 0.3) is 5.70 Å². The van der Waals surface area contributed by atoms with Gasteiger partial charge in [-0.25, -0.2) is 4.79 Å². The Labute approximate surface area is 210 Å². The smallest absolute Gasteiger partial charge is 0.331 e. The average molecular weight is 479 g/mol. The number of hydrogen-bond donors (Lipinski definition) is 1. The third-order valence-corrected chi connectivity index (χ3v) is 6.53. The van der Waals surface area contributed by atoms with Crippen LogP contribution in [0.15, 0.2) is 72.3 Å². The highest BCUT2D eigenvalue weighted by Crippen LogP contribution is 2.35. The number of carboxylic acid groups (broad SMARTS) is 1. The van der Waals surface area contributed by atoms with E-state index >= 15 is 0 Å². The summed E-state index contributed by atoms with van der Waals surface area (Å²) in [4.78, 5) is 11.7. The Balaban J connectivity index is 1.88. The van der Waals surface area contributed by atoms with Crippen molar-refractivity contribution >= 4 is 11.7 Å². The summed E-state index contributed by atoms with van der Waals surface area (Å²) < 4.78 is 12.3. The van der Waals surface area contributed by atoms with Gasteiger partial charge in [0.15, 0.2) is 0 Å². The predicted molar refractivity (Wildman–Crippen MR) is 141 cm³/mol. The summed E-state index contributed by atoms with van der Waals surface area (Å²) in [6, 6.07) is 18.8. The van der Waals surface area contributed by atoms with Crippen molar-refractivity contribution in [3.63, 3.8) is 0 Å². The summed E-state index contributed by atoms with van der Waals surface area (Å²) in [6.45, 7) is 9.03. The number of allylic oxidation sites excluding steroid dienone is 2. The first-order chi connectivity index (χ1) is 17.1. The highest BCUT2D eigenvalue weighted by atomic mass is 16.5. The van der Waals surface area contributed by atoms with Gasteiger partial charge in [-0.1, -0.05) is 50.6 Å². The summed E-state index contributed by atoms with van der Waals surface area (Å²) in [5.74, 6) is -0.0123. The molecule has 2 aromatic rings. The van der Waals surface area contributed by atoms with E-state index in [2.05, 4.69) is 50.2 Å². The molecule has 0 spiro atoms. The van der Waals surface area contributed by atoms with Gasteiger partial charge in [0.25, 0.3) is 0 Å². The molecule has 0 amide bonds. The van der Waals surface area contributed by atoms with Crippen LogP contribution >= 0.6 is 0 Å².